The van der Waals surface area contributed by atoms with Gasteiger partial charge in [-0.1, -0.05) is 12.1 Å². The van der Waals surface area contributed by atoms with Gasteiger partial charge in [-0.3, -0.25) is 14.7 Å². The molecule has 0 fully saturated rings. The minimum Gasteiger partial charge on any atom is -0.481 e. The number of carbonyl (C=O) groups is 2. The molecule has 0 bridgehead atoms. The van der Waals surface area contributed by atoms with Crippen molar-refractivity contribution >= 4 is 17.6 Å². The molecule has 0 saturated heterocycles. The Morgan fingerprint density at radius 1 is 1.24 bits per heavy atom. The molecule has 0 atom stereocenters. The number of aliphatic carboxylic acids is 1. The van der Waals surface area contributed by atoms with Crippen LogP contribution >= 0.6 is 0 Å². The van der Waals surface area contributed by atoms with E-state index in [4.69, 9.17) is 0 Å². The fourth-order valence-corrected chi connectivity index (χ4v) is 1.86. The molecule has 2 aromatic rings. The van der Waals surface area contributed by atoms with Crippen molar-refractivity contribution in [3.05, 3.63) is 47.8 Å². The molecule has 3 N–H and O–H groups in total. The summed E-state index contributed by atoms with van der Waals surface area (Å²) in [5, 5.41) is 18.4. The quantitative estimate of drug-likeness (QED) is 0.783. The second kappa shape index (κ2) is 5.78. The second-order valence-corrected chi connectivity index (χ2v) is 5.31. The van der Waals surface area contributed by atoms with E-state index in [0.29, 0.717) is 11.3 Å². The number of amides is 1. The minimum atomic E-state index is -0.960. The molecule has 1 aromatic carbocycles. The van der Waals surface area contributed by atoms with E-state index in [2.05, 4.69) is 15.5 Å². The summed E-state index contributed by atoms with van der Waals surface area (Å²) in [4.78, 5) is 23.0. The van der Waals surface area contributed by atoms with Crippen LogP contribution < -0.4 is 5.32 Å². The topological polar surface area (TPSA) is 95.1 Å². The molecular weight excluding hydrogens is 270 g/mol. The molecule has 21 heavy (non-hydrogen) atoms. The predicted molar refractivity (Wildman–Crippen MR) is 78.0 cm³/mol. The van der Waals surface area contributed by atoms with E-state index >= 15 is 0 Å². The summed E-state index contributed by atoms with van der Waals surface area (Å²) in [6, 6.07) is 8.55. The zero-order valence-electron chi connectivity index (χ0n) is 11.9. The van der Waals surface area contributed by atoms with Crippen LogP contribution in [0.2, 0.25) is 0 Å². The van der Waals surface area contributed by atoms with Crippen LogP contribution in [-0.2, 0) is 21.4 Å². The lowest BCUT2D eigenvalue weighted by Crippen LogP contribution is -2.28. The Kier molecular flexibility index (Phi) is 4.07. The molecule has 0 radical (unpaired) electrons. The largest absolute Gasteiger partial charge is 0.481 e. The fourth-order valence-electron chi connectivity index (χ4n) is 1.86. The number of H-pyrrole nitrogens is 1. The number of nitrogens with zero attached hydrogens (tertiary/aromatic N) is 1. The van der Waals surface area contributed by atoms with Crippen molar-refractivity contribution in [3.8, 4) is 0 Å². The van der Waals surface area contributed by atoms with Crippen LogP contribution in [-0.4, -0.2) is 27.2 Å². The molecule has 0 aliphatic carbocycles. The number of rotatable bonds is 5. The highest BCUT2D eigenvalue weighted by atomic mass is 16.4. The average Bonchev–Trinajstić information content (AvgIpc) is 2.91. The molecule has 1 amide bonds. The first kappa shape index (κ1) is 14.8. The zero-order valence-corrected chi connectivity index (χ0v) is 11.9. The lowest BCUT2D eigenvalue weighted by atomic mass is 9.85. The van der Waals surface area contributed by atoms with Gasteiger partial charge in [-0.2, -0.15) is 5.10 Å². The van der Waals surface area contributed by atoms with E-state index in [9.17, 15) is 14.7 Å². The van der Waals surface area contributed by atoms with Crippen LogP contribution in [0.1, 0.15) is 25.1 Å². The molecule has 1 heterocycles. The van der Waals surface area contributed by atoms with Gasteiger partial charge in [0.2, 0.25) is 5.91 Å². The SMILES string of the molecule is CC(C)(C(=O)O)c1ccc(NC(=O)Cc2ccn[nH]2)cc1. The number of carboxylic acid groups (broad SMARTS) is 1. The Bertz CT molecular complexity index is 631. The summed E-state index contributed by atoms with van der Waals surface area (Å²) >= 11 is 0. The number of nitrogens with one attached hydrogen (secondary N) is 2. The predicted octanol–water partition coefficient (Wildman–Crippen LogP) is 1.95. The molecule has 110 valence electrons. The summed E-state index contributed by atoms with van der Waals surface area (Å²) < 4.78 is 0. The first-order valence-corrected chi connectivity index (χ1v) is 6.51. The van der Waals surface area contributed by atoms with Crippen molar-refractivity contribution in [1.82, 2.24) is 10.2 Å². The Hall–Kier alpha value is -2.63. The molecular formula is C15H17N3O3. The smallest absolute Gasteiger partial charge is 0.313 e. The summed E-state index contributed by atoms with van der Waals surface area (Å²) in [6.45, 7) is 3.28. The number of anilines is 1. The third-order valence-corrected chi connectivity index (χ3v) is 3.33. The molecule has 0 aliphatic heterocycles. The lowest BCUT2D eigenvalue weighted by Gasteiger charge is -2.19. The van der Waals surface area contributed by atoms with Crippen molar-refractivity contribution in [2.45, 2.75) is 25.7 Å². The van der Waals surface area contributed by atoms with Crippen molar-refractivity contribution < 1.29 is 14.7 Å². The molecule has 0 spiro atoms. The maximum Gasteiger partial charge on any atom is 0.313 e. The van der Waals surface area contributed by atoms with E-state index in [-0.39, 0.29) is 12.3 Å². The number of carboxylic acids is 1. The molecule has 0 saturated carbocycles. The van der Waals surface area contributed by atoms with Crippen LogP contribution in [0.5, 0.6) is 0 Å². The zero-order chi connectivity index (χ0) is 15.5. The van der Waals surface area contributed by atoms with Crippen LogP contribution in [0.15, 0.2) is 36.5 Å². The summed E-state index contributed by atoms with van der Waals surface area (Å²) in [7, 11) is 0. The van der Waals surface area contributed by atoms with Crippen molar-refractivity contribution in [3.63, 3.8) is 0 Å². The van der Waals surface area contributed by atoms with Gasteiger partial charge in [0.15, 0.2) is 0 Å². The van der Waals surface area contributed by atoms with Gasteiger partial charge in [-0.25, -0.2) is 0 Å². The maximum atomic E-state index is 11.8. The maximum absolute atomic E-state index is 11.8. The number of aromatic amines is 1. The van der Waals surface area contributed by atoms with Gasteiger partial charge in [-0.15, -0.1) is 0 Å². The van der Waals surface area contributed by atoms with Crippen molar-refractivity contribution in [1.29, 1.82) is 0 Å². The van der Waals surface area contributed by atoms with E-state index < -0.39 is 11.4 Å². The first-order chi connectivity index (χ1) is 9.89. The molecule has 0 unspecified atom stereocenters. The van der Waals surface area contributed by atoms with Gasteiger partial charge < -0.3 is 10.4 Å². The summed E-state index contributed by atoms with van der Waals surface area (Å²) in [6.07, 6.45) is 1.80. The van der Waals surface area contributed by atoms with Crippen LogP contribution in [0, 0.1) is 0 Å². The highest BCUT2D eigenvalue weighted by Crippen LogP contribution is 2.24. The van der Waals surface area contributed by atoms with Crippen LogP contribution in [0.3, 0.4) is 0 Å². The van der Waals surface area contributed by atoms with Gasteiger partial charge >= 0.3 is 5.97 Å². The highest BCUT2D eigenvalue weighted by molar-refractivity contribution is 5.92. The van der Waals surface area contributed by atoms with Gasteiger partial charge in [0.05, 0.1) is 11.8 Å². The number of carbonyl (C=O) groups excluding carboxylic acids is 1. The monoisotopic (exact) mass is 287 g/mol. The van der Waals surface area contributed by atoms with E-state index in [1.165, 1.54) is 0 Å². The molecule has 6 nitrogen and oxygen atoms in total. The standard InChI is InChI=1S/C15H17N3O3/c1-15(2,14(20)21)10-3-5-11(6-4-10)17-13(19)9-12-7-8-16-18-12/h3-8H,9H2,1-2H3,(H,16,18)(H,17,19)(H,20,21). The number of hydrogen-bond donors (Lipinski definition) is 3. The van der Waals surface area contributed by atoms with E-state index in [1.807, 2.05) is 0 Å². The highest BCUT2D eigenvalue weighted by Gasteiger charge is 2.29. The molecule has 6 heteroatoms. The second-order valence-electron chi connectivity index (χ2n) is 5.31. The van der Waals surface area contributed by atoms with E-state index in [1.54, 1.807) is 50.4 Å². The third-order valence-electron chi connectivity index (χ3n) is 3.33. The van der Waals surface area contributed by atoms with Gasteiger partial charge in [0, 0.05) is 17.6 Å². The number of benzene rings is 1. The van der Waals surface area contributed by atoms with Gasteiger partial charge in [-0.05, 0) is 37.6 Å². The van der Waals surface area contributed by atoms with Gasteiger partial charge in [0.1, 0.15) is 0 Å². The molecule has 0 aliphatic rings. The number of hydrogen-bond acceptors (Lipinski definition) is 3. The fraction of sp³-hybridized carbons (Fsp3) is 0.267. The summed E-state index contributed by atoms with van der Waals surface area (Å²) in [5.74, 6) is -1.05. The van der Waals surface area contributed by atoms with Crippen LogP contribution in [0.4, 0.5) is 5.69 Å². The Morgan fingerprint density at radius 2 is 1.90 bits per heavy atom. The number of aromatic nitrogens is 2. The first-order valence-electron chi connectivity index (χ1n) is 6.51. The Labute approximate surface area is 122 Å². The summed E-state index contributed by atoms with van der Waals surface area (Å²) in [5.41, 5.74) is 1.08. The normalized spacial score (nSPS) is 11.1. The van der Waals surface area contributed by atoms with Crippen molar-refractivity contribution in [2.75, 3.05) is 5.32 Å². The molecule has 2 rings (SSSR count). The third kappa shape index (κ3) is 3.47. The van der Waals surface area contributed by atoms with Crippen LogP contribution in [0.25, 0.3) is 0 Å². The van der Waals surface area contributed by atoms with Crippen molar-refractivity contribution in [2.24, 2.45) is 0 Å². The Balaban J connectivity index is 2.02. The van der Waals surface area contributed by atoms with E-state index in [0.717, 1.165) is 5.69 Å². The minimum absolute atomic E-state index is 0.163. The molecule has 1 aromatic heterocycles. The lowest BCUT2D eigenvalue weighted by molar-refractivity contribution is -0.142. The average molecular weight is 287 g/mol. The Morgan fingerprint density at radius 3 is 2.43 bits per heavy atom. The van der Waals surface area contributed by atoms with Gasteiger partial charge in [0.25, 0.3) is 0 Å².